The molecule has 0 aliphatic heterocycles. The summed E-state index contributed by atoms with van der Waals surface area (Å²) in [6.07, 6.45) is 7.62. The number of benzene rings is 1. The highest BCUT2D eigenvalue weighted by Crippen LogP contribution is 2.17. The van der Waals surface area contributed by atoms with Crippen LogP contribution in [-0.2, 0) is 24.9 Å². The quantitative estimate of drug-likeness (QED) is 0.422. The molecule has 3 nitrogen and oxygen atoms in total. The number of hydrogen-bond donors (Lipinski definition) is 0. The molecule has 0 radical (unpaired) electrons. The third-order valence-electron chi connectivity index (χ3n) is 4.18. The van der Waals surface area contributed by atoms with E-state index in [9.17, 15) is 4.79 Å². The van der Waals surface area contributed by atoms with E-state index in [1.165, 1.54) is 9.77 Å². The van der Waals surface area contributed by atoms with Crippen LogP contribution in [0.2, 0.25) is 0 Å². The number of rotatable bonds is 7. The summed E-state index contributed by atoms with van der Waals surface area (Å²) < 4.78 is 2.06. The molecule has 0 aliphatic carbocycles. The second-order valence-electron chi connectivity index (χ2n) is 5.99. The predicted molar refractivity (Wildman–Crippen MR) is 111 cm³/mol. The summed E-state index contributed by atoms with van der Waals surface area (Å²) >= 11 is 3.39. The van der Waals surface area contributed by atoms with Gasteiger partial charge in [-0.3, -0.25) is 4.79 Å². The maximum absolute atomic E-state index is 12.8. The molecule has 0 fully saturated rings. The van der Waals surface area contributed by atoms with E-state index in [1.807, 2.05) is 53.9 Å². The van der Waals surface area contributed by atoms with Crippen molar-refractivity contribution in [1.29, 1.82) is 0 Å². The average molecular weight is 383 g/mol. The minimum atomic E-state index is 0.0218. The molecule has 26 heavy (non-hydrogen) atoms. The topological polar surface area (TPSA) is 25.2 Å². The highest BCUT2D eigenvalue weighted by atomic mass is 32.2. The number of aryl methyl sites for hydroxylation is 1. The molecule has 0 unspecified atom stereocenters. The lowest BCUT2D eigenvalue weighted by atomic mass is 10.2. The first-order valence-electron chi connectivity index (χ1n) is 8.39. The minimum absolute atomic E-state index is 0.0218. The Morgan fingerprint density at radius 2 is 1.96 bits per heavy atom. The van der Waals surface area contributed by atoms with Crippen LogP contribution < -0.4 is 0 Å². The highest BCUT2D eigenvalue weighted by molar-refractivity contribution is 7.98. The first kappa shape index (κ1) is 18.5. The zero-order valence-corrected chi connectivity index (χ0v) is 16.6. The van der Waals surface area contributed by atoms with Crippen molar-refractivity contribution in [3.63, 3.8) is 0 Å². The molecule has 0 saturated carbocycles. The Balaban J connectivity index is 1.74. The maximum atomic E-state index is 12.8. The van der Waals surface area contributed by atoms with Crippen LogP contribution in [0.3, 0.4) is 0 Å². The first-order valence-corrected chi connectivity index (χ1v) is 10.5. The predicted octanol–water partition coefficient (Wildman–Crippen LogP) is 5.05. The molecular weight excluding hydrogens is 360 g/mol. The Hall–Kier alpha value is -2.24. The zero-order valence-electron chi connectivity index (χ0n) is 15.0. The second-order valence-corrected chi connectivity index (χ2v) is 7.90. The van der Waals surface area contributed by atoms with Crippen molar-refractivity contribution in [2.75, 3.05) is 6.26 Å². The fraction of sp³-hybridized carbons (Fsp3) is 0.190. The average Bonchev–Trinajstić information content (AvgIpc) is 3.31. The molecule has 3 rings (SSSR count). The first-order chi connectivity index (χ1) is 12.7. The number of carbonyl (C=O) groups excluding carboxylic acids is 1. The Labute approximate surface area is 163 Å². The van der Waals surface area contributed by atoms with Gasteiger partial charge in [0, 0.05) is 34.8 Å². The summed E-state index contributed by atoms with van der Waals surface area (Å²) in [5, 5.41) is 2.05. The van der Waals surface area contributed by atoms with Gasteiger partial charge in [0.15, 0.2) is 0 Å². The lowest BCUT2D eigenvalue weighted by molar-refractivity contribution is -0.127. The number of thioether (sulfide) groups is 1. The lowest BCUT2D eigenvalue weighted by Crippen LogP contribution is -2.29. The fourth-order valence-corrected chi connectivity index (χ4v) is 3.77. The smallest absolute Gasteiger partial charge is 0.247 e. The van der Waals surface area contributed by atoms with E-state index in [2.05, 4.69) is 35.1 Å². The van der Waals surface area contributed by atoms with Crippen LogP contribution in [0.15, 0.2) is 71.1 Å². The van der Waals surface area contributed by atoms with E-state index in [0.29, 0.717) is 13.1 Å². The summed E-state index contributed by atoms with van der Waals surface area (Å²) in [6.45, 7) is 1.22. The molecule has 2 aromatic heterocycles. The van der Waals surface area contributed by atoms with Crippen LogP contribution in [0.4, 0.5) is 0 Å². The van der Waals surface area contributed by atoms with Gasteiger partial charge in [-0.1, -0.05) is 18.2 Å². The lowest BCUT2D eigenvalue weighted by Gasteiger charge is -2.21. The van der Waals surface area contributed by atoms with Crippen LogP contribution in [-0.4, -0.2) is 21.6 Å². The molecule has 5 heteroatoms. The fourth-order valence-electron chi connectivity index (χ4n) is 2.65. The molecule has 1 aromatic carbocycles. The van der Waals surface area contributed by atoms with Crippen molar-refractivity contribution in [2.45, 2.75) is 18.0 Å². The summed E-state index contributed by atoms with van der Waals surface area (Å²) in [7, 11) is 2.01. The van der Waals surface area contributed by atoms with Crippen molar-refractivity contribution in [3.05, 3.63) is 82.3 Å². The van der Waals surface area contributed by atoms with Gasteiger partial charge in [-0.05, 0) is 53.6 Å². The molecular formula is C21H22N2OS2. The summed E-state index contributed by atoms with van der Waals surface area (Å²) in [4.78, 5) is 17.1. The normalized spacial score (nSPS) is 11.2. The summed E-state index contributed by atoms with van der Waals surface area (Å²) in [5.41, 5.74) is 2.15. The van der Waals surface area contributed by atoms with Crippen molar-refractivity contribution < 1.29 is 4.79 Å². The van der Waals surface area contributed by atoms with E-state index in [1.54, 1.807) is 29.2 Å². The molecule has 134 valence electrons. The Morgan fingerprint density at radius 3 is 2.58 bits per heavy atom. The SMILES string of the molecule is CSc1ccc(/C=C/C(=O)N(Cc2cccs2)Cc2cccn2C)cc1. The summed E-state index contributed by atoms with van der Waals surface area (Å²) in [5.74, 6) is 0.0218. The zero-order chi connectivity index (χ0) is 18.4. The third-order valence-corrected chi connectivity index (χ3v) is 5.78. The van der Waals surface area contributed by atoms with Gasteiger partial charge in [0.05, 0.1) is 13.1 Å². The van der Waals surface area contributed by atoms with Crippen molar-refractivity contribution >= 4 is 35.1 Å². The molecule has 2 heterocycles. The van der Waals surface area contributed by atoms with Crippen molar-refractivity contribution in [1.82, 2.24) is 9.47 Å². The van der Waals surface area contributed by atoms with Crippen LogP contribution >= 0.6 is 23.1 Å². The minimum Gasteiger partial charge on any atom is -0.353 e. The third kappa shape index (κ3) is 4.90. The molecule has 0 N–H and O–H groups in total. The maximum Gasteiger partial charge on any atom is 0.247 e. The van der Waals surface area contributed by atoms with E-state index < -0.39 is 0 Å². The van der Waals surface area contributed by atoms with Crippen molar-refractivity contribution in [2.24, 2.45) is 7.05 Å². The second kappa shape index (κ2) is 8.92. The summed E-state index contributed by atoms with van der Waals surface area (Å²) in [6, 6.07) is 16.4. The molecule has 0 bridgehead atoms. The van der Waals surface area contributed by atoms with Gasteiger partial charge in [0.25, 0.3) is 0 Å². The molecule has 0 saturated heterocycles. The van der Waals surface area contributed by atoms with Crippen LogP contribution in [0, 0.1) is 0 Å². The van der Waals surface area contributed by atoms with Gasteiger partial charge in [-0.2, -0.15) is 0 Å². The van der Waals surface area contributed by atoms with E-state index in [4.69, 9.17) is 0 Å². The number of carbonyl (C=O) groups is 1. The number of aromatic nitrogens is 1. The van der Waals surface area contributed by atoms with E-state index in [0.717, 1.165) is 11.3 Å². The van der Waals surface area contributed by atoms with Gasteiger partial charge in [-0.25, -0.2) is 0 Å². The number of thiophene rings is 1. The van der Waals surface area contributed by atoms with Gasteiger partial charge in [-0.15, -0.1) is 23.1 Å². The Bertz CT molecular complexity index is 864. The van der Waals surface area contributed by atoms with Crippen molar-refractivity contribution in [3.8, 4) is 0 Å². The largest absolute Gasteiger partial charge is 0.353 e. The van der Waals surface area contributed by atoms with Crippen LogP contribution in [0.5, 0.6) is 0 Å². The molecule has 0 spiro atoms. The Morgan fingerprint density at radius 1 is 1.15 bits per heavy atom. The molecule has 0 aliphatic rings. The molecule has 3 aromatic rings. The monoisotopic (exact) mass is 382 g/mol. The van der Waals surface area contributed by atoms with Gasteiger partial charge >= 0.3 is 0 Å². The molecule has 0 atom stereocenters. The van der Waals surface area contributed by atoms with Gasteiger partial charge < -0.3 is 9.47 Å². The number of amides is 1. The highest BCUT2D eigenvalue weighted by Gasteiger charge is 2.14. The van der Waals surface area contributed by atoms with E-state index >= 15 is 0 Å². The molecule has 1 amide bonds. The van der Waals surface area contributed by atoms with Gasteiger partial charge in [0.1, 0.15) is 0 Å². The van der Waals surface area contributed by atoms with Crippen LogP contribution in [0.25, 0.3) is 6.08 Å². The van der Waals surface area contributed by atoms with E-state index in [-0.39, 0.29) is 5.91 Å². The van der Waals surface area contributed by atoms with Gasteiger partial charge in [0.2, 0.25) is 5.91 Å². The number of hydrogen-bond acceptors (Lipinski definition) is 3. The number of nitrogens with zero attached hydrogens (tertiary/aromatic N) is 2. The standard InChI is InChI=1S/C21H22N2OS2/c1-22-13-3-5-18(22)15-23(16-20-6-4-14-26-20)21(24)12-9-17-7-10-19(25-2)11-8-17/h3-14H,15-16H2,1-2H3/b12-9+. The van der Waals surface area contributed by atoms with Crippen LogP contribution in [0.1, 0.15) is 16.1 Å². The Kier molecular flexibility index (Phi) is 6.36.